The fourth-order valence-electron chi connectivity index (χ4n) is 8.24. The molecule has 2 aromatic heterocycles. The van der Waals surface area contributed by atoms with E-state index in [4.69, 9.17) is 8.83 Å². The fourth-order valence-corrected chi connectivity index (χ4v) is 8.24. The van der Waals surface area contributed by atoms with Crippen molar-refractivity contribution in [1.29, 1.82) is 0 Å². The average Bonchev–Trinajstić information content (AvgIpc) is 3.80. The number of benzene rings is 9. The van der Waals surface area contributed by atoms with Crippen LogP contribution in [-0.2, 0) is 0 Å². The van der Waals surface area contributed by atoms with Gasteiger partial charge < -0.3 is 13.7 Å². The third kappa shape index (κ3) is 4.68. The van der Waals surface area contributed by atoms with Crippen molar-refractivity contribution in [3.8, 4) is 22.3 Å². The van der Waals surface area contributed by atoms with E-state index >= 15 is 0 Å². The molecule has 0 N–H and O–H groups in total. The van der Waals surface area contributed by atoms with Crippen molar-refractivity contribution in [1.82, 2.24) is 0 Å². The Kier molecular flexibility index (Phi) is 6.55. The number of fused-ring (bicyclic) bond motifs is 9. The molecule has 0 aliphatic heterocycles. The third-order valence-electron chi connectivity index (χ3n) is 10.7. The fraction of sp³-hybridized carbons (Fsp3) is 0. The summed E-state index contributed by atoms with van der Waals surface area (Å²) in [6, 6.07) is 66.8. The standard InChI is InChI=1S/C50H31NO2/c1-2-13-36-33(12-1)30-43(39-16-4-3-15-38(36)39)32-24-27-35(28-25-32)51(45-20-11-23-48-50(45)42-18-7-10-22-47(42)52-48)44-19-8-5-14-37(44)34-26-29-41-40-17-6-9-21-46(40)53-49(41)31-34/h1-31H. The maximum Gasteiger partial charge on any atom is 0.137 e. The summed E-state index contributed by atoms with van der Waals surface area (Å²) >= 11 is 0. The summed E-state index contributed by atoms with van der Waals surface area (Å²) in [6.45, 7) is 0. The van der Waals surface area contributed by atoms with E-state index < -0.39 is 0 Å². The Labute approximate surface area is 305 Å². The SMILES string of the molecule is c1ccc(N(c2ccc(-c3cc4ccccc4c4ccccc34)cc2)c2cccc3oc4ccccc4c23)c(-c2ccc3c(c2)oc2ccccc23)c1. The van der Waals surface area contributed by atoms with Crippen LogP contribution in [0.4, 0.5) is 17.1 Å². The van der Waals surface area contributed by atoms with Gasteiger partial charge in [-0.25, -0.2) is 0 Å². The maximum atomic E-state index is 6.42. The van der Waals surface area contributed by atoms with Crippen LogP contribution in [0, 0.1) is 0 Å². The van der Waals surface area contributed by atoms with Gasteiger partial charge in [0.2, 0.25) is 0 Å². The summed E-state index contributed by atoms with van der Waals surface area (Å²) in [5.41, 5.74) is 11.2. The molecule has 0 fully saturated rings. The van der Waals surface area contributed by atoms with Crippen molar-refractivity contribution >= 4 is 82.5 Å². The lowest BCUT2D eigenvalue weighted by atomic mass is 9.93. The molecule has 0 bridgehead atoms. The predicted molar refractivity (Wildman–Crippen MR) is 222 cm³/mol. The van der Waals surface area contributed by atoms with Crippen LogP contribution >= 0.6 is 0 Å². The van der Waals surface area contributed by atoms with E-state index in [2.05, 4.69) is 169 Å². The minimum absolute atomic E-state index is 0.856. The van der Waals surface area contributed by atoms with Gasteiger partial charge in [0.1, 0.15) is 22.3 Å². The molecule has 0 atom stereocenters. The minimum atomic E-state index is 0.856. The Morgan fingerprint density at radius 3 is 1.75 bits per heavy atom. The zero-order valence-electron chi connectivity index (χ0n) is 28.7. The summed E-state index contributed by atoms with van der Waals surface area (Å²) in [4.78, 5) is 2.38. The number of hydrogen-bond donors (Lipinski definition) is 0. The number of nitrogens with zero attached hydrogens (tertiary/aromatic N) is 1. The van der Waals surface area contributed by atoms with Crippen molar-refractivity contribution in [2.24, 2.45) is 0 Å². The molecule has 0 spiro atoms. The van der Waals surface area contributed by atoms with Crippen LogP contribution in [0.5, 0.6) is 0 Å². The van der Waals surface area contributed by atoms with E-state index in [1.54, 1.807) is 0 Å². The van der Waals surface area contributed by atoms with Crippen LogP contribution in [0.1, 0.15) is 0 Å². The molecule has 11 aromatic rings. The van der Waals surface area contributed by atoms with Gasteiger partial charge in [-0.3, -0.25) is 0 Å². The summed E-state index contributed by atoms with van der Waals surface area (Å²) in [5.74, 6) is 0. The molecular weight excluding hydrogens is 647 g/mol. The number of para-hydroxylation sites is 3. The van der Waals surface area contributed by atoms with Gasteiger partial charge in [-0.1, -0.05) is 127 Å². The first-order valence-electron chi connectivity index (χ1n) is 18.0. The Morgan fingerprint density at radius 2 is 0.906 bits per heavy atom. The third-order valence-corrected chi connectivity index (χ3v) is 10.7. The van der Waals surface area contributed by atoms with Gasteiger partial charge in [0, 0.05) is 27.4 Å². The first kappa shape index (κ1) is 29.6. The molecule has 3 nitrogen and oxygen atoms in total. The van der Waals surface area contributed by atoms with Gasteiger partial charge in [-0.2, -0.15) is 0 Å². The lowest BCUT2D eigenvalue weighted by molar-refractivity contribution is 0.668. The van der Waals surface area contributed by atoms with E-state index in [0.717, 1.165) is 72.1 Å². The average molecular weight is 678 g/mol. The van der Waals surface area contributed by atoms with Crippen molar-refractivity contribution in [3.05, 3.63) is 188 Å². The van der Waals surface area contributed by atoms with Gasteiger partial charge in [0.25, 0.3) is 0 Å². The zero-order chi connectivity index (χ0) is 34.9. The molecule has 0 amide bonds. The van der Waals surface area contributed by atoms with E-state index in [-0.39, 0.29) is 0 Å². The summed E-state index contributed by atoms with van der Waals surface area (Å²) in [5, 5.41) is 9.43. The van der Waals surface area contributed by atoms with E-state index in [1.807, 2.05) is 24.3 Å². The highest BCUT2D eigenvalue weighted by molar-refractivity contribution is 6.15. The van der Waals surface area contributed by atoms with Gasteiger partial charge >= 0.3 is 0 Å². The van der Waals surface area contributed by atoms with E-state index in [1.165, 1.54) is 32.7 Å². The van der Waals surface area contributed by atoms with Crippen molar-refractivity contribution < 1.29 is 8.83 Å². The van der Waals surface area contributed by atoms with Crippen molar-refractivity contribution in [2.45, 2.75) is 0 Å². The van der Waals surface area contributed by atoms with Crippen LogP contribution in [-0.4, -0.2) is 0 Å². The van der Waals surface area contributed by atoms with E-state index in [9.17, 15) is 0 Å². The Bertz CT molecular complexity index is 3180. The van der Waals surface area contributed by atoms with Crippen LogP contribution in [0.25, 0.3) is 87.7 Å². The number of furan rings is 2. The van der Waals surface area contributed by atoms with Crippen LogP contribution in [0.15, 0.2) is 197 Å². The molecule has 0 aliphatic rings. The lowest BCUT2D eigenvalue weighted by Gasteiger charge is -2.28. The first-order chi connectivity index (χ1) is 26.3. The molecule has 9 aromatic carbocycles. The highest BCUT2D eigenvalue weighted by Crippen LogP contribution is 2.47. The van der Waals surface area contributed by atoms with Gasteiger partial charge in [0.05, 0.1) is 16.8 Å². The van der Waals surface area contributed by atoms with Crippen molar-refractivity contribution in [3.63, 3.8) is 0 Å². The molecule has 11 rings (SSSR count). The molecule has 0 saturated carbocycles. The van der Waals surface area contributed by atoms with Crippen molar-refractivity contribution in [2.75, 3.05) is 4.90 Å². The maximum absolute atomic E-state index is 6.42. The summed E-state index contributed by atoms with van der Waals surface area (Å²) in [6.07, 6.45) is 0. The Hall–Kier alpha value is -7.10. The summed E-state index contributed by atoms with van der Waals surface area (Å²) < 4.78 is 12.8. The highest BCUT2D eigenvalue weighted by atomic mass is 16.3. The molecular formula is C50H31NO2. The number of rotatable bonds is 5. The Balaban J connectivity index is 1.13. The predicted octanol–water partition coefficient (Wildman–Crippen LogP) is 14.6. The molecule has 0 radical (unpaired) electrons. The molecule has 0 aliphatic carbocycles. The second kappa shape index (κ2) is 11.7. The normalized spacial score (nSPS) is 11.8. The number of hydrogen-bond acceptors (Lipinski definition) is 3. The molecule has 3 heteroatoms. The smallest absolute Gasteiger partial charge is 0.137 e. The van der Waals surface area contributed by atoms with E-state index in [0.29, 0.717) is 0 Å². The molecule has 0 unspecified atom stereocenters. The van der Waals surface area contributed by atoms with Crippen LogP contribution in [0.2, 0.25) is 0 Å². The lowest BCUT2D eigenvalue weighted by Crippen LogP contribution is -2.11. The second-order valence-electron chi connectivity index (χ2n) is 13.6. The summed E-state index contributed by atoms with van der Waals surface area (Å²) in [7, 11) is 0. The topological polar surface area (TPSA) is 29.5 Å². The monoisotopic (exact) mass is 677 g/mol. The van der Waals surface area contributed by atoms with Crippen LogP contribution in [0.3, 0.4) is 0 Å². The minimum Gasteiger partial charge on any atom is -0.456 e. The largest absolute Gasteiger partial charge is 0.456 e. The quantitative estimate of drug-likeness (QED) is 0.170. The van der Waals surface area contributed by atoms with Gasteiger partial charge in [-0.15, -0.1) is 0 Å². The molecule has 0 saturated heterocycles. The van der Waals surface area contributed by atoms with Gasteiger partial charge in [0.15, 0.2) is 0 Å². The number of anilines is 3. The second-order valence-corrected chi connectivity index (χ2v) is 13.6. The molecule has 248 valence electrons. The highest BCUT2D eigenvalue weighted by Gasteiger charge is 2.22. The molecule has 53 heavy (non-hydrogen) atoms. The Morgan fingerprint density at radius 1 is 0.321 bits per heavy atom. The first-order valence-corrected chi connectivity index (χ1v) is 18.0. The molecule has 2 heterocycles. The zero-order valence-corrected chi connectivity index (χ0v) is 28.7. The van der Waals surface area contributed by atoms with Crippen LogP contribution < -0.4 is 4.90 Å². The van der Waals surface area contributed by atoms with Gasteiger partial charge in [-0.05, 0) is 98.9 Å².